The topological polar surface area (TPSA) is 71.0 Å². The Morgan fingerprint density at radius 2 is 1.87 bits per heavy atom. The first-order valence-corrected chi connectivity index (χ1v) is 11.6. The van der Waals surface area contributed by atoms with Crippen molar-refractivity contribution in [3.8, 4) is 0 Å². The summed E-state index contributed by atoms with van der Waals surface area (Å²) < 4.78 is 30.1. The molecule has 6 nitrogen and oxygen atoms in total. The lowest BCUT2D eigenvalue weighted by molar-refractivity contribution is 0.403. The molecule has 0 radical (unpaired) electrons. The van der Waals surface area contributed by atoms with Crippen LogP contribution in [0.15, 0.2) is 71.9 Å². The van der Waals surface area contributed by atoms with Gasteiger partial charge in [-0.3, -0.25) is 4.68 Å². The summed E-state index contributed by atoms with van der Waals surface area (Å²) in [4.78, 5) is 3.47. The Hall–Kier alpha value is -2.61. The van der Waals surface area contributed by atoms with Crippen LogP contribution in [0.4, 0.5) is 0 Å². The number of aryl methyl sites for hydroxylation is 1. The summed E-state index contributed by atoms with van der Waals surface area (Å²) >= 11 is 5.95. The Kier molecular flexibility index (Phi) is 5.94. The summed E-state index contributed by atoms with van der Waals surface area (Å²) in [7, 11) is -3.70. The minimum atomic E-state index is -3.70. The first-order chi connectivity index (χ1) is 14.5. The zero-order chi connectivity index (χ0) is 21.1. The van der Waals surface area contributed by atoms with E-state index in [1.54, 1.807) is 28.9 Å². The van der Waals surface area contributed by atoms with Gasteiger partial charge in [0.25, 0.3) is 0 Å². The number of aromatic nitrogens is 3. The number of nitrogens with zero attached hydrogens (tertiary/aromatic N) is 3. The van der Waals surface area contributed by atoms with Crippen LogP contribution >= 0.6 is 11.6 Å². The van der Waals surface area contributed by atoms with Gasteiger partial charge in [0.2, 0.25) is 10.0 Å². The molecule has 0 unspecified atom stereocenters. The van der Waals surface area contributed by atoms with Gasteiger partial charge in [0.05, 0.1) is 17.1 Å². The number of fused-ring (bicyclic) bond motifs is 1. The minimum absolute atomic E-state index is 0.209. The van der Waals surface area contributed by atoms with Gasteiger partial charge in [0, 0.05) is 41.4 Å². The third-order valence-electron chi connectivity index (χ3n) is 5.12. The maximum Gasteiger partial charge on any atom is 0.243 e. The predicted octanol–water partition coefficient (Wildman–Crippen LogP) is 4.47. The lowest BCUT2D eigenvalue weighted by Crippen LogP contribution is -2.32. The van der Waals surface area contributed by atoms with E-state index < -0.39 is 10.0 Å². The first-order valence-electron chi connectivity index (χ1n) is 9.80. The largest absolute Gasteiger partial charge is 0.361 e. The van der Waals surface area contributed by atoms with Gasteiger partial charge in [-0.1, -0.05) is 29.8 Å². The predicted molar refractivity (Wildman–Crippen MR) is 119 cm³/mol. The summed E-state index contributed by atoms with van der Waals surface area (Å²) in [5.41, 5.74) is 2.84. The molecular formula is C22H23ClN4O2S. The smallest absolute Gasteiger partial charge is 0.243 e. The van der Waals surface area contributed by atoms with Crippen LogP contribution in [0.25, 0.3) is 10.9 Å². The van der Waals surface area contributed by atoms with Gasteiger partial charge in [-0.05, 0) is 55.3 Å². The fraction of sp³-hybridized carbons (Fsp3) is 0.227. The third-order valence-corrected chi connectivity index (χ3v) is 7.23. The first kappa shape index (κ1) is 20.7. The van der Waals surface area contributed by atoms with Crippen molar-refractivity contribution in [2.45, 2.75) is 31.3 Å². The van der Waals surface area contributed by atoms with Gasteiger partial charge in [-0.2, -0.15) is 9.40 Å². The molecule has 0 aliphatic rings. The van der Waals surface area contributed by atoms with Gasteiger partial charge >= 0.3 is 0 Å². The molecule has 2 heterocycles. The highest BCUT2D eigenvalue weighted by atomic mass is 35.5. The van der Waals surface area contributed by atoms with E-state index in [1.807, 2.05) is 49.6 Å². The molecule has 156 valence electrons. The maximum atomic E-state index is 13.4. The lowest BCUT2D eigenvalue weighted by atomic mass is 10.1. The van der Waals surface area contributed by atoms with E-state index in [-0.39, 0.29) is 11.4 Å². The Morgan fingerprint density at radius 1 is 1.10 bits per heavy atom. The Morgan fingerprint density at radius 3 is 2.60 bits per heavy atom. The second kappa shape index (κ2) is 8.63. The van der Waals surface area contributed by atoms with Gasteiger partial charge in [0.1, 0.15) is 0 Å². The van der Waals surface area contributed by atoms with Crippen LogP contribution in [0.5, 0.6) is 0 Å². The van der Waals surface area contributed by atoms with E-state index in [4.69, 9.17) is 11.6 Å². The summed E-state index contributed by atoms with van der Waals surface area (Å²) in [6.45, 7) is 3.28. The summed E-state index contributed by atoms with van der Waals surface area (Å²) in [6, 6.07) is 16.2. The summed E-state index contributed by atoms with van der Waals surface area (Å²) in [5, 5.41) is 6.08. The molecule has 0 amide bonds. The number of hydrogen-bond donors (Lipinski definition) is 1. The molecular weight excluding hydrogens is 420 g/mol. The molecule has 0 saturated heterocycles. The zero-order valence-electron chi connectivity index (χ0n) is 16.6. The Labute approximate surface area is 181 Å². The van der Waals surface area contributed by atoms with Crippen LogP contribution in [0.1, 0.15) is 18.2 Å². The molecule has 0 bridgehead atoms. The van der Waals surface area contributed by atoms with Crippen molar-refractivity contribution >= 4 is 32.5 Å². The van der Waals surface area contributed by atoms with E-state index in [2.05, 4.69) is 10.1 Å². The van der Waals surface area contributed by atoms with Gasteiger partial charge in [-0.25, -0.2) is 8.42 Å². The van der Waals surface area contributed by atoms with E-state index in [9.17, 15) is 8.42 Å². The maximum absolute atomic E-state index is 13.4. The second-order valence-electron chi connectivity index (χ2n) is 7.06. The van der Waals surface area contributed by atoms with Crippen molar-refractivity contribution < 1.29 is 8.42 Å². The number of nitrogens with one attached hydrogen (secondary N) is 1. The van der Waals surface area contributed by atoms with Crippen LogP contribution in [-0.2, 0) is 29.5 Å². The highest BCUT2D eigenvalue weighted by Gasteiger charge is 2.25. The highest BCUT2D eigenvalue weighted by Crippen LogP contribution is 2.23. The van der Waals surface area contributed by atoms with E-state index >= 15 is 0 Å². The SMILES string of the molecule is CCn1ccc(CN(CCc2c[nH]c3ccccc23)S(=O)(=O)c2ccc(Cl)cc2)n1. The summed E-state index contributed by atoms with van der Waals surface area (Å²) in [5.74, 6) is 0. The van der Waals surface area contributed by atoms with Crippen LogP contribution < -0.4 is 0 Å². The number of sulfonamides is 1. The van der Waals surface area contributed by atoms with Gasteiger partial charge in [0.15, 0.2) is 0 Å². The van der Waals surface area contributed by atoms with E-state index in [0.717, 1.165) is 23.0 Å². The molecule has 0 aliphatic carbocycles. The number of aromatic amines is 1. The van der Waals surface area contributed by atoms with Crippen LogP contribution in [0.2, 0.25) is 5.02 Å². The van der Waals surface area contributed by atoms with Crippen molar-refractivity contribution in [3.63, 3.8) is 0 Å². The molecule has 8 heteroatoms. The Balaban J connectivity index is 1.63. The van der Waals surface area contributed by atoms with Crippen LogP contribution in [-0.4, -0.2) is 34.0 Å². The normalized spacial score (nSPS) is 12.1. The molecule has 0 saturated carbocycles. The second-order valence-corrected chi connectivity index (χ2v) is 9.44. The molecule has 4 rings (SSSR count). The average Bonchev–Trinajstić information content (AvgIpc) is 3.38. The van der Waals surface area contributed by atoms with Gasteiger partial charge < -0.3 is 4.98 Å². The quantitative estimate of drug-likeness (QED) is 0.437. The molecule has 0 spiro atoms. The van der Waals surface area contributed by atoms with Crippen molar-refractivity contribution in [3.05, 3.63) is 83.3 Å². The van der Waals surface area contributed by atoms with E-state index in [1.165, 1.54) is 4.31 Å². The number of para-hydroxylation sites is 1. The number of halogens is 1. The molecule has 1 N–H and O–H groups in total. The van der Waals surface area contributed by atoms with E-state index in [0.29, 0.717) is 23.7 Å². The monoisotopic (exact) mass is 442 g/mol. The fourth-order valence-corrected chi connectivity index (χ4v) is 5.01. The lowest BCUT2D eigenvalue weighted by Gasteiger charge is -2.21. The number of hydrogen-bond acceptors (Lipinski definition) is 3. The van der Waals surface area contributed by atoms with Crippen LogP contribution in [0, 0.1) is 0 Å². The zero-order valence-corrected chi connectivity index (χ0v) is 18.2. The van der Waals surface area contributed by atoms with Crippen molar-refractivity contribution in [2.24, 2.45) is 0 Å². The minimum Gasteiger partial charge on any atom is -0.361 e. The molecule has 0 fully saturated rings. The molecule has 0 aliphatic heterocycles. The number of benzene rings is 2. The molecule has 0 atom stereocenters. The molecule has 2 aromatic carbocycles. The molecule has 30 heavy (non-hydrogen) atoms. The standard InChI is InChI=1S/C22H23ClN4O2S/c1-2-26-13-12-19(25-26)16-27(30(28,29)20-9-7-18(23)8-10-20)14-11-17-15-24-22-6-4-3-5-21(17)22/h3-10,12-13,15,24H,2,11,14,16H2,1H3. The molecule has 2 aromatic heterocycles. The third kappa shape index (κ3) is 4.28. The van der Waals surface area contributed by atoms with Gasteiger partial charge in [-0.15, -0.1) is 0 Å². The highest BCUT2D eigenvalue weighted by molar-refractivity contribution is 7.89. The van der Waals surface area contributed by atoms with Crippen molar-refractivity contribution in [1.29, 1.82) is 0 Å². The van der Waals surface area contributed by atoms with Crippen molar-refractivity contribution in [2.75, 3.05) is 6.54 Å². The number of H-pyrrole nitrogens is 1. The summed E-state index contributed by atoms with van der Waals surface area (Å²) in [6.07, 6.45) is 4.40. The average molecular weight is 443 g/mol. The fourth-order valence-electron chi connectivity index (χ4n) is 3.47. The van der Waals surface area contributed by atoms with Crippen molar-refractivity contribution in [1.82, 2.24) is 19.1 Å². The number of rotatable bonds is 8. The molecule has 4 aromatic rings. The Bertz CT molecular complexity index is 1250. The van der Waals surface area contributed by atoms with Crippen LogP contribution in [0.3, 0.4) is 0 Å².